The van der Waals surface area contributed by atoms with Crippen molar-refractivity contribution in [3.05, 3.63) is 0 Å². The molecule has 4 nitrogen and oxygen atoms in total. The van der Waals surface area contributed by atoms with E-state index in [-0.39, 0.29) is 5.91 Å². The van der Waals surface area contributed by atoms with Crippen molar-refractivity contribution in [1.29, 1.82) is 0 Å². The maximum absolute atomic E-state index is 12.0. The molecule has 0 saturated carbocycles. The highest BCUT2D eigenvalue weighted by molar-refractivity contribution is 5.78. The minimum Gasteiger partial charge on any atom is -0.352 e. The molecule has 0 aromatic rings. The van der Waals surface area contributed by atoms with Gasteiger partial charge in [0.1, 0.15) is 0 Å². The van der Waals surface area contributed by atoms with Crippen LogP contribution in [0.4, 0.5) is 0 Å². The number of hydrogen-bond donors (Lipinski definition) is 2. The van der Waals surface area contributed by atoms with E-state index in [2.05, 4.69) is 36.3 Å². The maximum atomic E-state index is 12.0. The van der Waals surface area contributed by atoms with Crippen LogP contribution in [0.2, 0.25) is 0 Å². The number of likely N-dealkylation sites (tertiary alicyclic amines) is 1. The second-order valence-corrected chi connectivity index (χ2v) is 5.67. The minimum atomic E-state index is 0.187. The van der Waals surface area contributed by atoms with Crippen molar-refractivity contribution >= 4 is 5.91 Å². The Morgan fingerprint density at radius 2 is 2.00 bits per heavy atom. The predicted molar refractivity (Wildman–Crippen MR) is 80.2 cm³/mol. The molecule has 0 bridgehead atoms. The molecule has 0 spiro atoms. The quantitative estimate of drug-likeness (QED) is 0.738. The Hall–Kier alpha value is -0.610. The molecule has 0 aliphatic carbocycles. The summed E-state index contributed by atoms with van der Waals surface area (Å²) in [6.45, 7) is 9.11. The fraction of sp³-hybridized carbons (Fsp3) is 0.933. The summed E-state index contributed by atoms with van der Waals surface area (Å²) in [4.78, 5) is 14.3. The largest absolute Gasteiger partial charge is 0.352 e. The van der Waals surface area contributed by atoms with E-state index < -0.39 is 0 Å². The van der Waals surface area contributed by atoms with E-state index in [9.17, 15) is 4.79 Å². The summed E-state index contributed by atoms with van der Waals surface area (Å²) >= 11 is 0. The number of hydrogen-bond acceptors (Lipinski definition) is 3. The van der Waals surface area contributed by atoms with Crippen LogP contribution >= 0.6 is 0 Å². The van der Waals surface area contributed by atoms with Crippen LogP contribution in [-0.4, -0.2) is 49.6 Å². The van der Waals surface area contributed by atoms with E-state index in [4.69, 9.17) is 0 Å². The smallest absolute Gasteiger partial charge is 0.234 e. The average molecular weight is 269 g/mol. The third kappa shape index (κ3) is 5.11. The Bertz CT molecular complexity index is 266. The van der Waals surface area contributed by atoms with Gasteiger partial charge in [0.05, 0.1) is 6.54 Å². The van der Waals surface area contributed by atoms with Gasteiger partial charge in [-0.1, -0.05) is 27.2 Å². The standard InChI is InChI=1S/C15H31N3O/c1-5-12-10-18(9-8-14(12)16-4)11-15(19)17-13(6-2)7-3/h12-14,16H,5-11H2,1-4H3,(H,17,19). The zero-order valence-electron chi connectivity index (χ0n) is 13.0. The van der Waals surface area contributed by atoms with Gasteiger partial charge < -0.3 is 10.6 Å². The second-order valence-electron chi connectivity index (χ2n) is 5.67. The summed E-state index contributed by atoms with van der Waals surface area (Å²) in [6.07, 6.45) is 4.35. The van der Waals surface area contributed by atoms with Gasteiger partial charge in [0.25, 0.3) is 0 Å². The van der Waals surface area contributed by atoms with Gasteiger partial charge in [0.2, 0.25) is 5.91 Å². The number of carbonyl (C=O) groups is 1. The zero-order valence-corrected chi connectivity index (χ0v) is 13.0. The van der Waals surface area contributed by atoms with Crippen LogP contribution in [0.1, 0.15) is 46.5 Å². The van der Waals surface area contributed by atoms with Gasteiger partial charge >= 0.3 is 0 Å². The first kappa shape index (κ1) is 16.4. The SMILES string of the molecule is CCC(CC)NC(=O)CN1CCC(NC)C(CC)C1. The molecule has 1 fully saturated rings. The van der Waals surface area contributed by atoms with Gasteiger partial charge in [0, 0.05) is 25.2 Å². The van der Waals surface area contributed by atoms with Crippen molar-refractivity contribution in [2.45, 2.75) is 58.5 Å². The average Bonchev–Trinajstić information content (AvgIpc) is 2.44. The van der Waals surface area contributed by atoms with Crippen molar-refractivity contribution in [1.82, 2.24) is 15.5 Å². The van der Waals surface area contributed by atoms with Crippen molar-refractivity contribution in [2.24, 2.45) is 5.92 Å². The molecule has 2 unspecified atom stereocenters. The summed E-state index contributed by atoms with van der Waals surface area (Å²) in [5.41, 5.74) is 0. The maximum Gasteiger partial charge on any atom is 0.234 e. The third-order valence-electron chi connectivity index (χ3n) is 4.43. The number of carbonyl (C=O) groups excluding carboxylic acids is 1. The highest BCUT2D eigenvalue weighted by atomic mass is 16.2. The number of amides is 1. The van der Waals surface area contributed by atoms with E-state index in [0.29, 0.717) is 24.5 Å². The van der Waals surface area contributed by atoms with Gasteiger partial charge in [-0.3, -0.25) is 9.69 Å². The van der Waals surface area contributed by atoms with Crippen molar-refractivity contribution in [3.8, 4) is 0 Å². The van der Waals surface area contributed by atoms with Crippen LogP contribution in [-0.2, 0) is 4.79 Å². The predicted octanol–water partition coefficient (Wildman–Crippen LogP) is 1.61. The van der Waals surface area contributed by atoms with Crippen molar-refractivity contribution in [2.75, 3.05) is 26.7 Å². The molecule has 4 heteroatoms. The number of nitrogens with one attached hydrogen (secondary N) is 2. The lowest BCUT2D eigenvalue weighted by molar-refractivity contribution is -0.123. The molecule has 0 radical (unpaired) electrons. The highest BCUT2D eigenvalue weighted by Crippen LogP contribution is 2.19. The molecule has 2 N–H and O–H groups in total. The fourth-order valence-electron chi connectivity index (χ4n) is 3.01. The highest BCUT2D eigenvalue weighted by Gasteiger charge is 2.27. The van der Waals surface area contributed by atoms with E-state index in [1.807, 2.05) is 7.05 Å². The minimum absolute atomic E-state index is 0.187. The van der Waals surface area contributed by atoms with Crippen LogP contribution in [0.5, 0.6) is 0 Å². The summed E-state index contributed by atoms with van der Waals surface area (Å²) in [5, 5.41) is 6.53. The summed E-state index contributed by atoms with van der Waals surface area (Å²) < 4.78 is 0. The zero-order chi connectivity index (χ0) is 14.3. The third-order valence-corrected chi connectivity index (χ3v) is 4.43. The topological polar surface area (TPSA) is 44.4 Å². The van der Waals surface area contributed by atoms with Gasteiger partial charge in [-0.15, -0.1) is 0 Å². The Balaban J connectivity index is 2.39. The van der Waals surface area contributed by atoms with Crippen LogP contribution in [0.15, 0.2) is 0 Å². The first-order chi connectivity index (χ1) is 9.14. The fourth-order valence-corrected chi connectivity index (χ4v) is 3.01. The van der Waals surface area contributed by atoms with Crippen molar-refractivity contribution < 1.29 is 4.79 Å². The molecule has 1 rings (SSSR count). The lowest BCUT2D eigenvalue weighted by Gasteiger charge is -2.38. The molecular weight excluding hydrogens is 238 g/mol. The lowest BCUT2D eigenvalue weighted by Crippen LogP contribution is -2.51. The lowest BCUT2D eigenvalue weighted by atomic mass is 9.90. The molecule has 19 heavy (non-hydrogen) atoms. The Kier molecular flexibility index (Phi) is 7.39. The Morgan fingerprint density at radius 3 is 2.53 bits per heavy atom. The molecule has 1 saturated heterocycles. The van der Waals surface area contributed by atoms with Crippen LogP contribution < -0.4 is 10.6 Å². The molecule has 1 heterocycles. The molecule has 2 atom stereocenters. The van der Waals surface area contributed by atoms with Crippen molar-refractivity contribution in [3.63, 3.8) is 0 Å². The number of rotatable bonds is 7. The van der Waals surface area contributed by atoms with Gasteiger partial charge in [-0.05, 0) is 32.2 Å². The van der Waals surface area contributed by atoms with Gasteiger partial charge in [0.15, 0.2) is 0 Å². The van der Waals surface area contributed by atoms with Crippen LogP contribution in [0, 0.1) is 5.92 Å². The molecule has 0 aromatic heterocycles. The number of piperidine rings is 1. The Morgan fingerprint density at radius 1 is 1.32 bits per heavy atom. The molecule has 1 aliphatic heterocycles. The molecule has 112 valence electrons. The Labute approximate surface area is 118 Å². The van der Waals surface area contributed by atoms with Crippen LogP contribution in [0.3, 0.4) is 0 Å². The monoisotopic (exact) mass is 269 g/mol. The second kappa shape index (κ2) is 8.54. The summed E-state index contributed by atoms with van der Waals surface area (Å²) in [7, 11) is 2.04. The first-order valence-corrected chi connectivity index (χ1v) is 7.83. The summed E-state index contributed by atoms with van der Waals surface area (Å²) in [6, 6.07) is 0.952. The van der Waals surface area contributed by atoms with E-state index in [1.54, 1.807) is 0 Å². The van der Waals surface area contributed by atoms with E-state index in [1.165, 1.54) is 6.42 Å². The number of nitrogens with zero attached hydrogens (tertiary/aromatic N) is 1. The summed E-state index contributed by atoms with van der Waals surface area (Å²) in [5.74, 6) is 0.853. The van der Waals surface area contributed by atoms with Crippen LogP contribution in [0.25, 0.3) is 0 Å². The first-order valence-electron chi connectivity index (χ1n) is 7.83. The molecule has 1 amide bonds. The molecular formula is C15H31N3O. The molecule has 0 aromatic carbocycles. The normalized spacial score (nSPS) is 24.7. The molecule has 1 aliphatic rings. The van der Waals surface area contributed by atoms with Gasteiger partial charge in [-0.25, -0.2) is 0 Å². The van der Waals surface area contributed by atoms with E-state index >= 15 is 0 Å². The van der Waals surface area contributed by atoms with Gasteiger partial charge in [-0.2, -0.15) is 0 Å². The van der Waals surface area contributed by atoms with E-state index in [0.717, 1.165) is 32.4 Å².